The van der Waals surface area contributed by atoms with Gasteiger partial charge in [0.15, 0.2) is 5.69 Å². The Morgan fingerprint density at radius 3 is 2.50 bits per heavy atom. The molecule has 3 nitrogen and oxygen atoms in total. The molecule has 0 saturated carbocycles. The molecule has 0 radical (unpaired) electrons. The molecule has 1 aromatic rings. The lowest BCUT2D eigenvalue weighted by Crippen LogP contribution is -2.11. The first-order valence-electron chi connectivity index (χ1n) is 3.71. The van der Waals surface area contributed by atoms with Gasteiger partial charge in [-0.3, -0.25) is 0 Å². The smallest absolute Gasteiger partial charge is 0.437 e. The molecule has 1 rings (SSSR count). The van der Waals surface area contributed by atoms with Gasteiger partial charge in [0.1, 0.15) is 5.75 Å². The first-order valence-corrected chi connectivity index (χ1v) is 3.71. The summed E-state index contributed by atoms with van der Waals surface area (Å²) in [6.07, 6.45) is -4.57. The minimum absolute atomic E-state index is 0.0434. The van der Waals surface area contributed by atoms with Crippen molar-refractivity contribution in [3.05, 3.63) is 23.5 Å². The topological polar surface area (TPSA) is 42.4 Å². The third kappa shape index (κ3) is 2.14. The first-order chi connectivity index (χ1) is 6.49. The predicted molar refractivity (Wildman–Crippen MR) is 41.7 cm³/mol. The molecule has 0 unspecified atom stereocenters. The lowest BCUT2D eigenvalue weighted by Gasteiger charge is -2.11. The summed E-state index contributed by atoms with van der Waals surface area (Å²) in [4.78, 5) is 3.23. The molecule has 0 aliphatic rings. The van der Waals surface area contributed by atoms with Crippen LogP contribution in [0.15, 0.2) is 12.1 Å². The highest BCUT2D eigenvalue weighted by Gasteiger charge is 2.36. The average molecular weight is 207 g/mol. The Balaban J connectivity index is 3.22. The first kappa shape index (κ1) is 10.8. The van der Waals surface area contributed by atoms with Crippen molar-refractivity contribution in [1.29, 1.82) is 0 Å². The molecule has 0 fully saturated rings. The van der Waals surface area contributed by atoms with Crippen molar-refractivity contribution in [3.8, 4) is 5.75 Å². The van der Waals surface area contributed by atoms with E-state index in [1.54, 1.807) is 0 Å². The van der Waals surface area contributed by atoms with Crippen LogP contribution in [0.5, 0.6) is 5.75 Å². The summed E-state index contributed by atoms with van der Waals surface area (Å²) in [6, 6.07) is 2.40. The largest absolute Gasteiger partial charge is 0.494 e. The van der Waals surface area contributed by atoms with E-state index in [0.717, 1.165) is 13.2 Å². The number of hydrogen-bond acceptors (Lipinski definition) is 3. The van der Waals surface area contributed by atoms with Gasteiger partial charge in [-0.15, -0.1) is 0 Å². The monoisotopic (exact) mass is 207 g/mol. The van der Waals surface area contributed by atoms with Gasteiger partial charge in [0.05, 0.1) is 19.4 Å². The predicted octanol–water partition coefficient (Wildman–Crippen LogP) is 1.60. The third-order valence-corrected chi connectivity index (χ3v) is 1.57. The van der Waals surface area contributed by atoms with Gasteiger partial charge in [-0.05, 0) is 12.1 Å². The molecule has 0 aliphatic carbocycles. The van der Waals surface area contributed by atoms with Gasteiger partial charge >= 0.3 is 6.18 Å². The van der Waals surface area contributed by atoms with E-state index in [2.05, 4.69) is 9.72 Å². The number of pyridine rings is 1. The van der Waals surface area contributed by atoms with Crippen LogP contribution in [-0.4, -0.2) is 17.2 Å². The van der Waals surface area contributed by atoms with Crippen molar-refractivity contribution >= 4 is 0 Å². The van der Waals surface area contributed by atoms with Crippen LogP contribution in [0.1, 0.15) is 11.4 Å². The fraction of sp³-hybridized carbons (Fsp3) is 0.375. The summed E-state index contributed by atoms with van der Waals surface area (Å²) in [5.41, 5.74) is -1.16. The quantitative estimate of drug-likeness (QED) is 0.800. The molecule has 1 heterocycles. The molecule has 0 aliphatic heterocycles. The van der Waals surface area contributed by atoms with Crippen molar-refractivity contribution in [2.75, 3.05) is 7.11 Å². The highest BCUT2D eigenvalue weighted by atomic mass is 19.4. The zero-order chi connectivity index (χ0) is 10.8. The van der Waals surface area contributed by atoms with E-state index in [9.17, 15) is 13.2 Å². The summed E-state index contributed by atoms with van der Waals surface area (Å²) < 4.78 is 41.5. The number of aromatic nitrogens is 1. The van der Waals surface area contributed by atoms with Crippen molar-refractivity contribution in [1.82, 2.24) is 4.98 Å². The fourth-order valence-corrected chi connectivity index (χ4v) is 0.943. The molecule has 0 aromatic carbocycles. The minimum atomic E-state index is -4.57. The Hall–Kier alpha value is -1.30. The number of rotatable bonds is 2. The highest BCUT2D eigenvalue weighted by Crippen LogP contribution is 2.34. The van der Waals surface area contributed by atoms with E-state index in [1.165, 1.54) is 6.07 Å². The molecule has 6 heteroatoms. The maximum absolute atomic E-state index is 12.3. The zero-order valence-corrected chi connectivity index (χ0v) is 7.30. The lowest BCUT2D eigenvalue weighted by molar-refractivity contribution is -0.142. The number of alkyl halides is 3. The minimum Gasteiger partial charge on any atom is -0.494 e. The summed E-state index contributed by atoms with van der Waals surface area (Å²) in [7, 11) is 1.13. The van der Waals surface area contributed by atoms with E-state index < -0.39 is 18.5 Å². The van der Waals surface area contributed by atoms with Gasteiger partial charge in [0, 0.05) is 0 Å². The summed E-state index contributed by atoms with van der Waals surface area (Å²) in [5.74, 6) is -0.352. The number of aliphatic hydroxyl groups is 1. The number of hydrogen-bond donors (Lipinski definition) is 1. The standard InChI is InChI=1S/C8H8F3NO2/c1-14-6-3-2-5(4-13)12-7(6)8(9,10)11/h2-3,13H,4H2,1H3. The van der Waals surface area contributed by atoms with Crippen molar-refractivity contribution in [3.63, 3.8) is 0 Å². The van der Waals surface area contributed by atoms with Crippen molar-refractivity contribution < 1.29 is 23.0 Å². The number of ether oxygens (including phenoxy) is 1. The Morgan fingerprint density at radius 1 is 1.43 bits per heavy atom. The summed E-state index contributed by atoms with van der Waals surface area (Å²) >= 11 is 0. The molecule has 1 aromatic heterocycles. The van der Waals surface area contributed by atoms with E-state index in [1.807, 2.05) is 0 Å². The van der Waals surface area contributed by atoms with Crippen LogP contribution in [0.25, 0.3) is 0 Å². The number of aliphatic hydroxyl groups excluding tert-OH is 1. The van der Waals surface area contributed by atoms with Crippen LogP contribution in [0.3, 0.4) is 0 Å². The maximum Gasteiger partial charge on any atom is 0.437 e. The van der Waals surface area contributed by atoms with Crippen LogP contribution >= 0.6 is 0 Å². The number of methoxy groups -OCH3 is 1. The van der Waals surface area contributed by atoms with Gasteiger partial charge in [-0.1, -0.05) is 0 Å². The number of nitrogens with zero attached hydrogens (tertiary/aromatic N) is 1. The Morgan fingerprint density at radius 2 is 2.07 bits per heavy atom. The highest BCUT2D eigenvalue weighted by molar-refractivity contribution is 5.31. The molecule has 14 heavy (non-hydrogen) atoms. The van der Waals surface area contributed by atoms with Gasteiger partial charge in [0.2, 0.25) is 0 Å². The van der Waals surface area contributed by atoms with Crippen molar-refractivity contribution in [2.45, 2.75) is 12.8 Å². The second-order valence-electron chi connectivity index (χ2n) is 2.51. The van der Waals surface area contributed by atoms with Crippen LogP contribution in [0.4, 0.5) is 13.2 Å². The maximum atomic E-state index is 12.3. The lowest BCUT2D eigenvalue weighted by atomic mass is 10.2. The summed E-state index contributed by atoms with van der Waals surface area (Å²) in [6.45, 7) is -0.535. The van der Waals surface area contributed by atoms with Crippen LogP contribution in [-0.2, 0) is 12.8 Å². The summed E-state index contributed by atoms with van der Waals surface area (Å²) in [5, 5.41) is 8.62. The second kappa shape index (κ2) is 3.83. The van der Waals surface area contributed by atoms with Crippen molar-refractivity contribution in [2.24, 2.45) is 0 Å². The van der Waals surface area contributed by atoms with E-state index in [-0.39, 0.29) is 11.4 Å². The van der Waals surface area contributed by atoms with Crippen LogP contribution in [0.2, 0.25) is 0 Å². The van der Waals surface area contributed by atoms with Gasteiger partial charge in [-0.2, -0.15) is 13.2 Å². The SMILES string of the molecule is COc1ccc(CO)nc1C(F)(F)F. The Bertz CT molecular complexity index is 325. The van der Waals surface area contributed by atoms with E-state index in [4.69, 9.17) is 5.11 Å². The van der Waals surface area contributed by atoms with Crippen LogP contribution in [0, 0.1) is 0 Å². The molecule has 0 amide bonds. The van der Waals surface area contributed by atoms with Gasteiger partial charge < -0.3 is 9.84 Å². The molecule has 0 atom stereocenters. The molecule has 78 valence electrons. The third-order valence-electron chi connectivity index (χ3n) is 1.57. The molecule has 0 saturated heterocycles. The molecule has 1 N–H and O–H groups in total. The van der Waals surface area contributed by atoms with Gasteiger partial charge in [-0.25, -0.2) is 4.98 Å². The fourth-order valence-electron chi connectivity index (χ4n) is 0.943. The molecule has 0 spiro atoms. The van der Waals surface area contributed by atoms with Crippen LogP contribution < -0.4 is 4.74 Å². The van der Waals surface area contributed by atoms with Gasteiger partial charge in [0.25, 0.3) is 0 Å². The number of halogens is 3. The van der Waals surface area contributed by atoms with E-state index in [0.29, 0.717) is 0 Å². The second-order valence-corrected chi connectivity index (χ2v) is 2.51. The molecule has 0 bridgehead atoms. The molecular weight excluding hydrogens is 199 g/mol. The Labute approximate surface area is 78.2 Å². The normalized spacial score (nSPS) is 11.5. The molecular formula is C8H8F3NO2. The Kier molecular flexibility index (Phi) is 2.95. The average Bonchev–Trinajstić information content (AvgIpc) is 2.15. The zero-order valence-electron chi connectivity index (χ0n) is 7.30. The van der Waals surface area contributed by atoms with E-state index >= 15 is 0 Å².